The summed E-state index contributed by atoms with van der Waals surface area (Å²) >= 11 is 0. The molecule has 5 nitrogen and oxygen atoms in total. The molecule has 0 saturated carbocycles. The molecular formula is C11H21BN2O3Si. The first kappa shape index (κ1) is 15.3. The Hall–Kier alpha value is -0.758. The molecule has 0 unspecified atom stereocenters. The highest BCUT2D eigenvalue weighted by atomic mass is 28.4. The Kier molecular flexibility index (Phi) is 4.66. The van der Waals surface area contributed by atoms with E-state index in [2.05, 4.69) is 43.8 Å². The van der Waals surface area contributed by atoms with Crippen LogP contribution in [0.3, 0.4) is 0 Å². The summed E-state index contributed by atoms with van der Waals surface area (Å²) in [7, 11) is -3.33. The number of rotatable bonds is 4. The normalized spacial score (nSPS) is 12.6. The van der Waals surface area contributed by atoms with Crippen LogP contribution < -0.4 is 5.46 Å². The minimum atomic E-state index is -1.80. The standard InChI is InChI=1S/C11H21BN2O3Si/c1-11(2,3)18(4,5)17-8-10-13-6-9(7-14-10)12(15)16/h6-7,15-16H,8H2,1-5H3. The lowest BCUT2D eigenvalue weighted by molar-refractivity contribution is 0.267. The van der Waals surface area contributed by atoms with Crippen LogP contribution in [0.1, 0.15) is 26.6 Å². The number of hydrogen-bond donors (Lipinski definition) is 2. The largest absolute Gasteiger partial charge is 0.491 e. The quantitative estimate of drug-likeness (QED) is 0.785. The van der Waals surface area contributed by atoms with Crippen LogP contribution in [-0.4, -0.2) is 35.5 Å². The summed E-state index contributed by atoms with van der Waals surface area (Å²) in [5.74, 6) is 0.559. The maximum absolute atomic E-state index is 8.93. The van der Waals surface area contributed by atoms with Gasteiger partial charge in [-0.3, -0.25) is 0 Å². The van der Waals surface area contributed by atoms with Gasteiger partial charge in [-0.25, -0.2) is 9.97 Å². The smallest absolute Gasteiger partial charge is 0.423 e. The summed E-state index contributed by atoms with van der Waals surface area (Å²) in [6.45, 7) is 11.2. The van der Waals surface area contributed by atoms with Gasteiger partial charge in [0.05, 0.1) is 6.61 Å². The van der Waals surface area contributed by atoms with Crippen molar-refractivity contribution in [2.45, 2.75) is 45.5 Å². The predicted octanol–water partition coefficient (Wildman–Crippen LogP) is 0.678. The summed E-state index contributed by atoms with van der Waals surface area (Å²) in [6.07, 6.45) is 2.81. The Morgan fingerprint density at radius 3 is 2.11 bits per heavy atom. The second-order valence-corrected chi connectivity index (χ2v) is 10.7. The van der Waals surface area contributed by atoms with Gasteiger partial charge in [0.15, 0.2) is 14.1 Å². The van der Waals surface area contributed by atoms with E-state index in [9.17, 15) is 0 Å². The maximum atomic E-state index is 8.93. The van der Waals surface area contributed by atoms with E-state index in [-0.39, 0.29) is 10.5 Å². The van der Waals surface area contributed by atoms with Gasteiger partial charge in [-0.1, -0.05) is 20.8 Å². The highest BCUT2D eigenvalue weighted by Gasteiger charge is 2.37. The fourth-order valence-corrected chi connectivity index (χ4v) is 1.96. The molecule has 1 rings (SSSR count). The molecule has 0 saturated heterocycles. The first-order valence-corrected chi connectivity index (χ1v) is 8.85. The van der Waals surface area contributed by atoms with Crippen molar-refractivity contribution >= 4 is 20.9 Å². The average molecular weight is 268 g/mol. The molecule has 1 heterocycles. The molecule has 18 heavy (non-hydrogen) atoms. The lowest BCUT2D eigenvalue weighted by atomic mass is 9.83. The molecule has 0 aliphatic rings. The van der Waals surface area contributed by atoms with E-state index in [0.717, 1.165) is 0 Å². The Bertz CT molecular complexity index is 390. The predicted molar refractivity (Wildman–Crippen MR) is 73.8 cm³/mol. The van der Waals surface area contributed by atoms with Gasteiger partial charge in [0.2, 0.25) is 0 Å². The van der Waals surface area contributed by atoms with Crippen LogP contribution >= 0.6 is 0 Å². The minimum Gasteiger partial charge on any atom is -0.423 e. The molecule has 0 aliphatic carbocycles. The van der Waals surface area contributed by atoms with Gasteiger partial charge in [0, 0.05) is 17.9 Å². The van der Waals surface area contributed by atoms with E-state index >= 15 is 0 Å². The first-order chi connectivity index (χ1) is 8.13. The van der Waals surface area contributed by atoms with E-state index in [1.165, 1.54) is 12.4 Å². The summed E-state index contributed by atoms with van der Waals surface area (Å²) in [5.41, 5.74) is 0.283. The van der Waals surface area contributed by atoms with Crippen LogP contribution in [0.4, 0.5) is 0 Å². The van der Waals surface area contributed by atoms with Crippen molar-refractivity contribution in [3.05, 3.63) is 18.2 Å². The molecule has 100 valence electrons. The van der Waals surface area contributed by atoms with E-state index < -0.39 is 15.4 Å². The summed E-state index contributed by atoms with van der Waals surface area (Å²) in [6, 6.07) is 0. The van der Waals surface area contributed by atoms with Crippen LogP contribution in [0, 0.1) is 0 Å². The zero-order valence-electron chi connectivity index (χ0n) is 11.6. The first-order valence-electron chi connectivity index (χ1n) is 5.94. The van der Waals surface area contributed by atoms with Gasteiger partial charge in [-0.05, 0) is 18.1 Å². The zero-order valence-corrected chi connectivity index (χ0v) is 12.6. The summed E-state index contributed by atoms with van der Waals surface area (Å²) in [4.78, 5) is 8.10. The molecule has 0 atom stereocenters. The van der Waals surface area contributed by atoms with Gasteiger partial charge >= 0.3 is 7.12 Å². The van der Waals surface area contributed by atoms with Gasteiger partial charge < -0.3 is 14.5 Å². The van der Waals surface area contributed by atoms with E-state index in [1.807, 2.05) is 0 Å². The van der Waals surface area contributed by atoms with Gasteiger partial charge in [-0.2, -0.15) is 0 Å². The molecule has 0 fully saturated rings. The fraction of sp³-hybridized carbons (Fsp3) is 0.636. The zero-order chi connectivity index (χ0) is 14.0. The van der Waals surface area contributed by atoms with Crippen molar-refractivity contribution in [2.75, 3.05) is 0 Å². The van der Waals surface area contributed by atoms with Crippen LogP contribution in [-0.2, 0) is 11.0 Å². The van der Waals surface area contributed by atoms with E-state index in [1.54, 1.807) is 0 Å². The lowest BCUT2D eigenvalue weighted by Gasteiger charge is -2.35. The van der Waals surface area contributed by atoms with Crippen molar-refractivity contribution in [3.8, 4) is 0 Å². The second-order valence-electron chi connectivity index (χ2n) is 5.86. The molecule has 2 N–H and O–H groups in total. The summed E-state index contributed by atoms with van der Waals surface area (Å²) in [5, 5.41) is 18.0. The lowest BCUT2D eigenvalue weighted by Crippen LogP contribution is -2.40. The number of hydrogen-bond acceptors (Lipinski definition) is 5. The van der Waals surface area contributed by atoms with Crippen LogP contribution in [0.25, 0.3) is 0 Å². The van der Waals surface area contributed by atoms with Crippen molar-refractivity contribution in [1.29, 1.82) is 0 Å². The minimum absolute atomic E-state index is 0.147. The van der Waals surface area contributed by atoms with Crippen molar-refractivity contribution < 1.29 is 14.5 Å². The molecule has 1 aromatic heterocycles. The van der Waals surface area contributed by atoms with Gasteiger partial charge in [-0.15, -0.1) is 0 Å². The third-order valence-corrected chi connectivity index (χ3v) is 7.87. The van der Waals surface area contributed by atoms with Crippen LogP contribution in [0.5, 0.6) is 0 Å². The molecule has 0 bridgehead atoms. The van der Waals surface area contributed by atoms with Gasteiger partial charge in [0.25, 0.3) is 0 Å². The molecule has 1 aromatic rings. The maximum Gasteiger partial charge on any atom is 0.491 e. The van der Waals surface area contributed by atoms with E-state index in [0.29, 0.717) is 12.4 Å². The molecular weight excluding hydrogens is 247 g/mol. The summed E-state index contributed by atoms with van der Waals surface area (Å²) < 4.78 is 5.97. The molecule has 7 heteroatoms. The second kappa shape index (κ2) is 5.48. The Balaban J connectivity index is 2.64. The SMILES string of the molecule is CC(C)(C)[Si](C)(C)OCc1ncc(B(O)O)cn1. The Morgan fingerprint density at radius 1 is 1.22 bits per heavy atom. The molecule has 0 radical (unpaired) electrons. The van der Waals surface area contributed by atoms with E-state index in [4.69, 9.17) is 14.5 Å². The third-order valence-electron chi connectivity index (χ3n) is 3.39. The number of nitrogens with zero attached hydrogens (tertiary/aromatic N) is 2. The molecule has 0 aromatic carbocycles. The van der Waals surface area contributed by atoms with Crippen LogP contribution in [0.15, 0.2) is 12.4 Å². The topological polar surface area (TPSA) is 75.5 Å². The monoisotopic (exact) mass is 268 g/mol. The van der Waals surface area contributed by atoms with Crippen molar-refractivity contribution in [2.24, 2.45) is 0 Å². The van der Waals surface area contributed by atoms with Crippen molar-refractivity contribution in [3.63, 3.8) is 0 Å². The average Bonchev–Trinajstić information content (AvgIpc) is 2.25. The van der Waals surface area contributed by atoms with Crippen molar-refractivity contribution in [1.82, 2.24) is 9.97 Å². The highest BCUT2D eigenvalue weighted by molar-refractivity contribution is 6.74. The Morgan fingerprint density at radius 2 is 1.72 bits per heavy atom. The molecule has 0 aliphatic heterocycles. The number of aromatic nitrogens is 2. The Labute approximate surface area is 110 Å². The molecule has 0 amide bonds. The molecule has 0 spiro atoms. The highest BCUT2D eigenvalue weighted by Crippen LogP contribution is 2.36. The van der Waals surface area contributed by atoms with Crippen LogP contribution in [0.2, 0.25) is 18.1 Å². The third kappa shape index (κ3) is 3.88. The van der Waals surface area contributed by atoms with Gasteiger partial charge in [0.1, 0.15) is 0 Å². The fourth-order valence-electron chi connectivity index (χ4n) is 1.03.